The third kappa shape index (κ3) is 4.10. The fraction of sp³-hybridized carbons (Fsp3) is 0.643. The van der Waals surface area contributed by atoms with Crippen molar-refractivity contribution in [1.82, 2.24) is 10.3 Å². The first kappa shape index (κ1) is 12.5. The number of ether oxygens (including phenoxy) is 1. The van der Waals surface area contributed by atoms with Crippen LogP contribution in [-0.4, -0.2) is 24.2 Å². The molecule has 2 heterocycles. The largest absolute Gasteiger partial charge is 0.378 e. The summed E-state index contributed by atoms with van der Waals surface area (Å²) in [6, 6.07) is 2.06. The number of aryl methyl sites for hydroxylation is 1. The Morgan fingerprint density at radius 3 is 3.24 bits per heavy atom. The molecule has 1 aromatic heterocycles. The highest BCUT2D eigenvalue weighted by atomic mass is 16.5. The van der Waals surface area contributed by atoms with Gasteiger partial charge in [0.1, 0.15) is 0 Å². The summed E-state index contributed by atoms with van der Waals surface area (Å²) >= 11 is 0. The molecule has 1 unspecified atom stereocenters. The quantitative estimate of drug-likeness (QED) is 0.768. The highest BCUT2D eigenvalue weighted by Crippen LogP contribution is 2.16. The molecule has 1 saturated heterocycles. The molecular formula is C14H22N2O. The van der Waals surface area contributed by atoms with Crippen LogP contribution in [0.5, 0.6) is 0 Å². The van der Waals surface area contributed by atoms with Gasteiger partial charge in [0.15, 0.2) is 0 Å². The van der Waals surface area contributed by atoms with E-state index >= 15 is 0 Å². The van der Waals surface area contributed by atoms with Crippen molar-refractivity contribution < 1.29 is 4.74 Å². The second-order valence-electron chi connectivity index (χ2n) is 4.76. The third-order valence-corrected chi connectivity index (χ3v) is 3.37. The van der Waals surface area contributed by atoms with Gasteiger partial charge < -0.3 is 10.1 Å². The summed E-state index contributed by atoms with van der Waals surface area (Å²) in [6.07, 6.45) is 9.20. The molecule has 0 aliphatic carbocycles. The van der Waals surface area contributed by atoms with Gasteiger partial charge in [-0.05, 0) is 56.3 Å². The lowest BCUT2D eigenvalue weighted by atomic mass is 10.1. The summed E-state index contributed by atoms with van der Waals surface area (Å²) < 4.78 is 5.60. The summed E-state index contributed by atoms with van der Waals surface area (Å²) in [7, 11) is 0. The molecule has 0 saturated carbocycles. The van der Waals surface area contributed by atoms with Gasteiger partial charge in [-0.15, -0.1) is 0 Å². The van der Waals surface area contributed by atoms with Gasteiger partial charge in [0.2, 0.25) is 0 Å². The van der Waals surface area contributed by atoms with E-state index in [0.717, 1.165) is 19.7 Å². The standard InChI is InChI=1S/C14H22N2O/c1-12-6-8-16-11-13(12)10-15-7-2-4-14-5-3-9-17-14/h6,8,11,14-15H,2-5,7,9-10H2,1H3. The van der Waals surface area contributed by atoms with Crippen LogP contribution in [0.25, 0.3) is 0 Å². The van der Waals surface area contributed by atoms with Crippen LogP contribution in [0.3, 0.4) is 0 Å². The average Bonchev–Trinajstić information content (AvgIpc) is 2.84. The fourth-order valence-electron chi connectivity index (χ4n) is 2.23. The molecular weight excluding hydrogens is 212 g/mol. The zero-order valence-corrected chi connectivity index (χ0v) is 10.6. The van der Waals surface area contributed by atoms with Gasteiger partial charge in [0, 0.05) is 25.5 Å². The van der Waals surface area contributed by atoms with E-state index in [2.05, 4.69) is 23.3 Å². The lowest BCUT2D eigenvalue weighted by Gasteiger charge is -2.10. The predicted molar refractivity (Wildman–Crippen MR) is 68.9 cm³/mol. The Labute approximate surface area is 104 Å². The maximum Gasteiger partial charge on any atom is 0.0576 e. The maximum absolute atomic E-state index is 5.60. The Balaban J connectivity index is 1.58. The molecule has 0 amide bonds. The van der Waals surface area contributed by atoms with Crippen LogP contribution in [0.2, 0.25) is 0 Å². The molecule has 17 heavy (non-hydrogen) atoms. The molecule has 2 rings (SSSR count). The Bertz CT molecular complexity index is 335. The highest BCUT2D eigenvalue weighted by molar-refractivity contribution is 5.20. The molecule has 1 N–H and O–H groups in total. The molecule has 3 nitrogen and oxygen atoms in total. The third-order valence-electron chi connectivity index (χ3n) is 3.37. The van der Waals surface area contributed by atoms with Crippen molar-refractivity contribution >= 4 is 0 Å². The van der Waals surface area contributed by atoms with Crippen molar-refractivity contribution in [3.63, 3.8) is 0 Å². The maximum atomic E-state index is 5.60. The van der Waals surface area contributed by atoms with Gasteiger partial charge in [-0.3, -0.25) is 4.98 Å². The van der Waals surface area contributed by atoms with Crippen LogP contribution in [-0.2, 0) is 11.3 Å². The van der Waals surface area contributed by atoms with E-state index in [1.165, 1.54) is 36.8 Å². The van der Waals surface area contributed by atoms with E-state index in [-0.39, 0.29) is 0 Å². The van der Waals surface area contributed by atoms with Crippen molar-refractivity contribution in [3.05, 3.63) is 29.6 Å². The first-order valence-electron chi connectivity index (χ1n) is 6.58. The molecule has 1 aliphatic heterocycles. The number of pyridine rings is 1. The normalized spacial score (nSPS) is 19.7. The van der Waals surface area contributed by atoms with Crippen LogP contribution in [0, 0.1) is 6.92 Å². The Hall–Kier alpha value is -0.930. The summed E-state index contributed by atoms with van der Waals surface area (Å²) in [5.74, 6) is 0. The molecule has 0 spiro atoms. The topological polar surface area (TPSA) is 34.2 Å². The van der Waals surface area contributed by atoms with E-state index in [1.807, 2.05) is 12.4 Å². The summed E-state index contributed by atoms with van der Waals surface area (Å²) in [5, 5.41) is 3.47. The van der Waals surface area contributed by atoms with Crippen molar-refractivity contribution in [1.29, 1.82) is 0 Å². The molecule has 1 aromatic rings. The Kier molecular flexibility index (Phi) is 4.95. The minimum atomic E-state index is 0.525. The van der Waals surface area contributed by atoms with Crippen molar-refractivity contribution in [2.24, 2.45) is 0 Å². The first-order chi connectivity index (χ1) is 8.36. The highest BCUT2D eigenvalue weighted by Gasteiger charge is 2.14. The zero-order chi connectivity index (χ0) is 11.9. The summed E-state index contributed by atoms with van der Waals surface area (Å²) in [6.45, 7) is 5.08. The number of nitrogens with zero attached hydrogens (tertiary/aromatic N) is 1. The second kappa shape index (κ2) is 6.72. The number of nitrogens with one attached hydrogen (secondary N) is 1. The van der Waals surface area contributed by atoms with Gasteiger partial charge in [-0.1, -0.05) is 0 Å². The van der Waals surface area contributed by atoms with Crippen molar-refractivity contribution in [3.8, 4) is 0 Å². The van der Waals surface area contributed by atoms with Gasteiger partial charge >= 0.3 is 0 Å². The number of rotatable bonds is 6. The van der Waals surface area contributed by atoms with Gasteiger partial charge in [-0.2, -0.15) is 0 Å². The van der Waals surface area contributed by atoms with Crippen LogP contribution in [0.4, 0.5) is 0 Å². The minimum absolute atomic E-state index is 0.525. The van der Waals surface area contributed by atoms with Gasteiger partial charge in [0.05, 0.1) is 6.10 Å². The number of hydrogen-bond donors (Lipinski definition) is 1. The average molecular weight is 234 g/mol. The molecule has 0 radical (unpaired) electrons. The Morgan fingerprint density at radius 2 is 2.47 bits per heavy atom. The van der Waals surface area contributed by atoms with Crippen LogP contribution >= 0.6 is 0 Å². The van der Waals surface area contributed by atoms with E-state index in [9.17, 15) is 0 Å². The molecule has 3 heteroatoms. The van der Waals surface area contributed by atoms with E-state index < -0.39 is 0 Å². The van der Waals surface area contributed by atoms with Crippen LogP contribution in [0.1, 0.15) is 36.8 Å². The Morgan fingerprint density at radius 1 is 1.53 bits per heavy atom. The van der Waals surface area contributed by atoms with Crippen molar-refractivity contribution in [2.45, 2.75) is 45.3 Å². The first-order valence-corrected chi connectivity index (χ1v) is 6.58. The molecule has 94 valence electrons. The number of hydrogen-bond acceptors (Lipinski definition) is 3. The van der Waals surface area contributed by atoms with Gasteiger partial charge in [-0.25, -0.2) is 0 Å². The van der Waals surface area contributed by atoms with Crippen molar-refractivity contribution in [2.75, 3.05) is 13.2 Å². The molecule has 1 aliphatic rings. The SMILES string of the molecule is Cc1ccncc1CNCCCC1CCCO1. The lowest BCUT2D eigenvalue weighted by molar-refractivity contribution is 0.102. The smallest absolute Gasteiger partial charge is 0.0576 e. The fourth-order valence-corrected chi connectivity index (χ4v) is 2.23. The van der Waals surface area contributed by atoms with Gasteiger partial charge in [0.25, 0.3) is 0 Å². The molecule has 0 aromatic carbocycles. The van der Waals surface area contributed by atoms with Crippen LogP contribution in [0.15, 0.2) is 18.5 Å². The minimum Gasteiger partial charge on any atom is -0.378 e. The molecule has 1 atom stereocenters. The summed E-state index contributed by atoms with van der Waals surface area (Å²) in [5.41, 5.74) is 2.61. The molecule has 1 fully saturated rings. The zero-order valence-electron chi connectivity index (χ0n) is 10.6. The predicted octanol–water partition coefficient (Wildman–Crippen LogP) is 2.44. The second-order valence-corrected chi connectivity index (χ2v) is 4.76. The molecule has 0 bridgehead atoms. The van der Waals surface area contributed by atoms with E-state index in [4.69, 9.17) is 4.74 Å². The number of aromatic nitrogens is 1. The lowest BCUT2D eigenvalue weighted by Crippen LogP contribution is -2.17. The monoisotopic (exact) mass is 234 g/mol. The van der Waals surface area contributed by atoms with Crippen LogP contribution < -0.4 is 5.32 Å². The van der Waals surface area contributed by atoms with E-state index in [0.29, 0.717) is 6.10 Å². The summed E-state index contributed by atoms with van der Waals surface area (Å²) in [4.78, 5) is 4.15. The van der Waals surface area contributed by atoms with E-state index in [1.54, 1.807) is 0 Å².